The number of aliphatic imine (C=N–C) groups is 1. The van der Waals surface area contributed by atoms with Crippen LogP contribution in [0, 0.1) is 5.92 Å². The average Bonchev–Trinajstić information content (AvgIpc) is 2.72. The van der Waals surface area contributed by atoms with Crippen molar-refractivity contribution < 1.29 is 14.4 Å². The SMILES string of the molecule is O=C(CN1C(=O)N=C2C=CC=CC2C1=O)N1CCN(c2ccccc2)CC1. The molecule has 1 unspecified atom stereocenters. The molecule has 0 saturated carbocycles. The van der Waals surface area contributed by atoms with Crippen LogP contribution in [0.1, 0.15) is 0 Å². The molecule has 0 radical (unpaired) electrons. The van der Waals surface area contributed by atoms with Gasteiger partial charge in [0, 0.05) is 31.9 Å². The lowest BCUT2D eigenvalue weighted by molar-refractivity contribution is -0.138. The van der Waals surface area contributed by atoms with Gasteiger partial charge in [-0.1, -0.05) is 36.4 Å². The zero-order chi connectivity index (χ0) is 18.8. The molecule has 7 nitrogen and oxygen atoms in total. The number of anilines is 1. The van der Waals surface area contributed by atoms with E-state index in [0.29, 0.717) is 18.8 Å². The van der Waals surface area contributed by atoms with Gasteiger partial charge in [0.25, 0.3) is 0 Å². The van der Waals surface area contributed by atoms with Gasteiger partial charge in [0.1, 0.15) is 6.54 Å². The molecule has 1 aliphatic carbocycles. The van der Waals surface area contributed by atoms with E-state index in [-0.39, 0.29) is 18.4 Å². The van der Waals surface area contributed by atoms with Crippen LogP contribution in [0.2, 0.25) is 0 Å². The molecule has 1 aromatic carbocycles. The molecule has 0 aromatic heterocycles. The van der Waals surface area contributed by atoms with Gasteiger partial charge in [-0.2, -0.15) is 4.99 Å². The molecule has 7 heteroatoms. The largest absolute Gasteiger partial charge is 0.368 e. The second-order valence-corrected chi connectivity index (χ2v) is 6.67. The lowest BCUT2D eigenvalue weighted by Crippen LogP contribution is -2.54. The van der Waals surface area contributed by atoms with E-state index in [1.54, 1.807) is 29.2 Å². The lowest BCUT2D eigenvalue weighted by atomic mass is 9.95. The van der Waals surface area contributed by atoms with Gasteiger partial charge in [-0.3, -0.25) is 14.5 Å². The predicted octanol–water partition coefficient (Wildman–Crippen LogP) is 1.48. The maximum absolute atomic E-state index is 12.6. The van der Waals surface area contributed by atoms with Crippen LogP contribution in [0.3, 0.4) is 0 Å². The van der Waals surface area contributed by atoms with E-state index >= 15 is 0 Å². The number of imide groups is 1. The van der Waals surface area contributed by atoms with Gasteiger partial charge in [0.2, 0.25) is 11.8 Å². The quantitative estimate of drug-likeness (QED) is 0.814. The molecule has 4 amide bonds. The molecule has 1 atom stereocenters. The summed E-state index contributed by atoms with van der Waals surface area (Å²) in [6.45, 7) is 2.30. The molecule has 0 N–H and O–H groups in total. The number of hydrogen-bond donors (Lipinski definition) is 0. The Labute approximate surface area is 157 Å². The Kier molecular flexibility index (Phi) is 4.58. The Balaban J connectivity index is 1.38. The first-order valence-corrected chi connectivity index (χ1v) is 9.00. The molecule has 0 spiro atoms. The number of benzene rings is 1. The van der Waals surface area contributed by atoms with Gasteiger partial charge in [0.15, 0.2) is 0 Å². The van der Waals surface area contributed by atoms with Gasteiger partial charge in [-0.25, -0.2) is 4.79 Å². The third-order valence-corrected chi connectivity index (χ3v) is 5.04. The van der Waals surface area contributed by atoms with E-state index in [2.05, 4.69) is 9.89 Å². The van der Waals surface area contributed by atoms with E-state index in [4.69, 9.17) is 0 Å². The summed E-state index contributed by atoms with van der Waals surface area (Å²) in [6, 6.07) is 9.38. The fraction of sp³-hybridized carbons (Fsp3) is 0.300. The number of para-hydroxylation sites is 1. The molecule has 3 aliphatic rings. The first-order chi connectivity index (χ1) is 13.1. The van der Waals surface area contributed by atoms with E-state index < -0.39 is 11.9 Å². The third kappa shape index (κ3) is 3.40. The molecule has 2 heterocycles. The van der Waals surface area contributed by atoms with E-state index in [1.807, 2.05) is 30.3 Å². The number of carbonyl (C=O) groups excluding carboxylic acids is 3. The Morgan fingerprint density at radius 1 is 1.04 bits per heavy atom. The molecule has 2 aliphatic heterocycles. The highest BCUT2D eigenvalue weighted by molar-refractivity contribution is 6.22. The molecular formula is C20H20N4O3. The second-order valence-electron chi connectivity index (χ2n) is 6.67. The number of hydrogen-bond acceptors (Lipinski definition) is 4. The predicted molar refractivity (Wildman–Crippen MR) is 102 cm³/mol. The standard InChI is InChI=1S/C20H20N4O3/c25-18(23-12-10-22(11-13-23)15-6-2-1-3-7-15)14-24-19(26)16-8-4-5-9-17(16)21-20(24)27/h1-9,16H,10-14H2. The van der Waals surface area contributed by atoms with Crippen LogP contribution in [-0.2, 0) is 9.59 Å². The Hall–Kier alpha value is -3.22. The van der Waals surface area contributed by atoms with Crippen molar-refractivity contribution in [2.24, 2.45) is 10.9 Å². The summed E-state index contributed by atoms with van der Waals surface area (Å²) in [5, 5.41) is 0. The number of rotatable bonds is 3. The summed E-state index contributed by atoms with van der Waals surface area (Å²) in [6.07, 6.45) is 6.84. The number of nitrogens with zero attached hydrogens (tertiary/aromatic N) is 4. The highest BCUT2D eigenvalue weighted by Crippen LogP contribution is 2.20. The van der Waals surface area contributed by atoms with Crippen molar-refractivity contribution in [1.82, 2.24) is 9.80 Å². The van der Waals surface area contributed by atoms with Crippen LogP contribution in [0.25, 0.3) is 0 Å². The number of allylic oxidation sites excluding steroid dienone is 3. The van der Waals surface area contributed by atoms with Crippen LogP contribution in [0.5, 0.6) is 0 Å². The molecule has 4 rings (SSSR count). The number of carbonyl (C=O) groups is 3. The van der Waals surface area contributed by atoms with Crippen molar-refractivity contribution in [2.75, 3.05) is 37.6 Å². The average molecular weight is 364 g/mol. The van der Waals surface area contributed by atoms with Crippen LogP contribution >= 0.6 is 0 Å². The number of fused-ring (bicyclic) bond motifs is 1. The van der Waals surface area contributed by atoms with E-state index in [0.717, 1.165) is 23.7 Å². The summed E-state index contributed by atoms with van der Waals surface area (Å²) in [5.74, 6) is -1.18. The highest BCUT2D eigenvalue weighted by atomic mass is 16.2. The zero-order valence-electron chi connectivity index (χ0n) is 14.8. The van der Waals surface area contributed by atoms with Gasteiger partial charge in [-0.05, 0) is 18.2 Å². The minimum absolute atomic E-state index is 0.224. The summed E-state index contributed by atoms with van der Waals surface area (Å²) in [5.41, 5.74) is 1.57. The summed E-state index contributed by atoms with van der Waals surface area (Å²) in [4.78, 5) is 46.3. The molecule has 0 bridgehead atoms. The van der Waals surface area contributed by atoms with Crippen molar-refractivity contribution in [3.63, 3.8) is 0 Å². The minimum Gasteiger partial charge on any atom is -0.368 e. The fourth-order valence-electron chi connectivity index (χ4n) is 3.51. The minimum atomic E-state index is -0.664. The number of piperazine rings is 1. The molecular weight excluding hydrogens is 344 g/mol. The third-order valence-electron chi connectivity index (χ3n) is 5.04. The van der Waals surface area contributed by atoms with Crippen LogP contribution in [-0.4, -0.2) is 66.1 Å². The van der Waals surface area contributed by atoms with Crippen molar-refractivity contribution >= 4 is 29.2 Å². The summed E-state index contributed by atoms with van der Waals surface area (Å²) in [7, 11) is 0. The van der Waals surface area contributed by atoms with Crippen molar-refractivity contribution in [3.8, 4) is 0 Å². The maximum Gasteiger partial charge on any atom is 0.351 e. The van der Waals surface area contributed by atoms with Crippen LogP contribution < -0.4 is 4.90 Å². The smallest absolute Gasteiger partial charge is 0.351 e. The molecule has 138 valence electrons. The fourth-order valence-corrected chi connectivity index (χ4v) is 3.51. The Bertz CT molecular complexity index is 851. The van der Waals surface area contributed by atoms with E-state index in [1.165, 1.54) is 0 Å². The monoisotopic (exact) mass is 364 g/mol. The summed E-state index contributed by atoms with van der Waals surface area (Å²) < 4.78 is 0. The van der Waals surface area contributed by atoms with Crippen molar-refractivity contribution in [2.45, 2.75) is 0 Å². The first-order valence-electron chi connectivity index (χ1n) is 9.00. The normalized spacial score (nSPS) is 22.0. The maximum atomic E-state index is 12.6. The molecule has 27 heavy (non-hydrogen) atoms. The van der Waals surface area contributed by atoms with Gasteiger partial charge in [-0.15, -0.1) is 0 Å². The second kappa shape index (κ2) is 7.19. The Morgan fingerprint density at radius 2 is 1.78 bits per heavy atom. The van der Waals surface area contributed by atoms with Crippen molar-refractivity contribution in [1.29, 1.82) is 0 Å². The number of urea groups is 1. The molecule has 1 aromatic rings. The van der Waals surface area contributed by atoms with Crippen LogP contribution in [0.4, 0.5) is 10.5 Å². The van der Waals surface area contributed by atoms with Gasteiger partial charge < -0.3 is 9.80 Å². The van der Waals surface area contributed by atoms with Gasteiger partial charge >= 0.3 is 6.03 Å². The molecule has 1 fully saturated rings. The first kappa shape index (κ1) is 17.2. The van der Waals surface area contributed by atoms with E-state index in [9.17, 15) is 14.4 Å². The Morgan fingerprint density at radius 3 is 2.52 bits per heavy atom. The summed E-state index contributed by atoms with van der Waals surface area (Å²) >= 11 is 0. The van der Waals surface area contributed by atoms with Gasteiger partial charge in [0.05, 0.1) is 11.6 Å². The molecule has 1 saturated heterocycles. The topological polar surface area (TPSA) is 73.3 Å². The number of amides is 4. The van der Waals surface area contributed by atoms with Crippen molar-refractivity contribution in [3.05, 3.63) is 54.6 Å². The lowest BCUT2D eigenvalue weighted by Gasteiger charge is -2.37. The zero-order valence-corrected chi connectivity index (χ0v) is 14.8. The highest BCUT2D eigenvalue weighted by Gasteiger charge is 2.37. The van der Waals surface area contributed by atoms with Crippen LogP contribution in [0.15, 0.2) is 59.6 Å².